The molecule has 0 N–H and O–H groups in total. The number of halogens is 1. The van der Waals surface area contributed by atoms with Crippen LogP contribution in [0.25, 0.3) is 16.8 Å². The molecule has 4 aromatic rings. The van der Waals surface area contributed by atoms with Crippen molar-refractivity contribution >= 4 is 22.5 Å². The lowest BCUT2D eigenvalue weighted by molar-refractivity contribution is 0.156. The zero-order valence-electron chi connectivity index (χ0n) is 17.8. The van der Waals surface area contributed by atoms with Gasteiger partial charge in [-0.3, -0.25) is 0 Å². The van der Waals surface area contributed by atoms with E-state index in [4.69, 9.17) is 4.74 Å². The van der Waals surface area contributed by atoms with Gasteiger partial charge in [-0.1, -0.05) is 60.7 Å². The maximum atomic E-state index is 15.7. The summed E-state index contributed by atoms with van der Waals surface area (Å²) < 4.78 is 22.4. The second-order valence-corrected chi connectivity index (χ2v) is 8.59. The molecule has 1 fully saturated rings. The van der Waals surface area contributed by atoms with Gasteiger partial charge in [0.05, 0.1) is 0 Å². The van der Waals surface area contributed by atoms with Gasteiger partial charge in [0.15, 0.2) is 5.60 Å². The molecule has 32 heavy (non-hydrogen) atoms. The summed E-state index contributed by atoms with van der Waals surface area (Å²) in [4.78, 5) is 2.25. The molecule has 2 aliphatic heterocycles. The molecule has 2 heterocycles. The number of benzene rings is 4. The van der Waals surface area contributed by atoms with E-state index < -0.39 is 5.60 Å². The number of anilines is 1. The van der Waals surface area contributed by atoms with Crippen molar-refractivity contribution in [2.45, 2.75) is 18.4 Å². The standard InChI is InChI=1S/C29H24FNO/c30-27-20-23(31-18-6-7-19-31)13-14-26(27)29(22-9-2-1-3-10-22)17-16-25-24-11-5-4-8-21(24)12-15-28(25)32-29/h1-5,8-17,20H,6-7,18-19H2. The van der Waals surface area contributed by atoms with Crippen LogP contribution in [0.1, 0.15) is 29.5 Å². The number of fused-ring (bicyclic) bond motifs is 3. The number of hydrogen-bond acceptors (Lipinski definition) is 2. The summed E-state index contributed by atoms with van der Waals surface area (Å²) in [6.07, 6.45) is 6.41. The van der Waals surface area contributed by atoms with Crippen LogP contribution in [0.15, 0.2) is 91.0 Å². The van der Waals surface area contributed by atoms with E-state index in [1.807, 2.05) is 66.7 Å². The van der Waals surface area contributed by atoms with Gasteiger partial charge in [0.1, 0.15) is 11.6 Å². The molecule has 0 spiro atoms. The van der Waals surface area contributed by atoms with E-state index in [2.05, 4.69) is 29.2 Å². The van der Waals surface area contributed by atoms with Crippen LogP contribution in [0.4, 0.5) is 10.1 Å². The zero-order valence-corrected chi connectivity index (χ0v) is 17.8. The van der Waals surface area contributed by atoms with Gasteiger partial charge in [-0.15, -0.1) is 0 Å². The summed E-state index contributed by atoms with van der Waals surface area (Å²) in [7, 11) is 0. The summed E-state index contributed by atoms with van der Waals surface area (Å²) in [5.74, 6) is 0.519. The molecule has 6 rings (SSSR count). The Morgan fingerprint density at radius 2 is 1.59 bits per heavy atom. The Morgan fingerprint density at radius 3 is 2.41 bits per heavy atom. The SMILES string of the molecule is Fc1cc(N2CCCC2)ccc1C1(c2ccccc2)C=Cc2c(ccc3ccccc23)O1. The normalized spacial score (nSPS) is 19.7. The van der Waals surface area contributed by atoms with E-state index in [0.717, 1.165) is 59.3 Å². The van der Waals surface area contributed by atoms with E-state index in [1.54, 1.807) is 6.07 Å². The van der Waals surface area contributed by atoms with Gasteiger partial charge >= 0.3 is 0 Å². The maximum absolute atomic E-state index is 15.7. The molecule has 2 nitrogen and oxygen atoms in total. The Balaban J connectivity index is 1.51. The molecule has 1 atom stereocenters. The van der Waals surface area contributed by atoms with Crippen LogP contribution in [0.2, 0.25) is 0 Å². The fourth-order valence-electron chi connectivity index (χ4n) is 5.06. The number of hydrogen-bond donors (Lipinski definition) is 0. The predicted octanol–water partition coefficient (Wildman–Crippen LogP) is 6.93. The smallest absolute Gasteiger partial charge is 0.180 e. The van der Waals surface area contributed by atoms with E-state index in [9.17, 15) is 0 Å². The van der Waals surface area contributed by atoms with Crippen molar-refractivity contribution in [1.82, 2.24) is 0 Å². The van der Waals surface area contributed by atoms with Crippen LogP contribution >= 0.6 is 0 Å². The van der Waals surface area contributed by atoms with E-state index in [1.165, 1.54) is 0 Å². The highest BCUT2D eigenvalue weighted by Gasteiger charge is 2.39. The number of rotatable bonds is 3. The molecular weight excluding hydrogens is 397 g/mol. The molecule has 3 heteroatoms. The van der Waals surface area contributed by atoms with Gasteiger partial charge < -0.3 is 9.64 Å². The van der Waals surface area contributed by atoms with E-state index >= 15 is 4.39 Å². The van der Waals surface area contributed by atoms with Gasteiger partial charge in [0.25, 0.3) is 0 Å². The fourth-order valence-corrected chi connectivity index (χ4v) is 5.06. The van der Waals surface area contributed by atoms with Gasteiger partial charge in [-0.2, -0.15) is 0 Å². The topological polar surface area (TPSA) is 12.5 Å². The molecule has 1 unspecified atom stereocenters. The highest BCUT2D eigenvalue weighted by atomic mass is 19.1. The Labute approximate surface area is 187 Å². The molecule has 4 aromatic carbocycles. The van der Waals surface area contributed by atoms with Gasteiger partial charge in [-0.05, 0) is 60.0 Å². The maximum Gasteiger partial charge on any atom is 0.180 e. The summed E-state index contributed by atoms with van der Waals surface area (Å²) in [6.45, 7) is 1.97. The first kappa shape index (κ1) is 19.1. The largest absolute Gasteiger partial charge is 0.473 e. The minimum absolute atomic E-state index is 0.243. The second-order valence-electron chi connectivity index (χ2n) is 8.59. The molecule has 158 valence electrons. The molecule has 0 radical (unpaired) electrons. The van der Waals surface area contributed by atoms with Gasteiger partial charge in [-0.25, -0.2) is 4.39 Å². The quantitative estimate of drug-likeness (QED) is 0.356. The van der Waals surface area contributed by atoms with E-state index in [-0.39, 0.29) is 5.82 Å². The molecule has 2 aliphatic rings. The fraction of sp³-hybridized carbons (Fsp3) is 0.172. The summed E-state index contributed by atoms with van der Waals surface area (Å²) in [5.41, 5.74) is 2.39. The van der Waals surface area contributed by atoms with Crippen LogP contribution < -0.4 is 9.64 Å². The van der Waals surface area contributed by atoms with Crippen molar-refractivity contribution in [1.29, 1.82) is 0 Å². The first-order chi connectivity index (χ1) is 15.7. The van der Waals surface area contributed by atoms with E-state index in [0.29, 0.717) is 5.56 Å². The molecule has 0 saturated carbocycles. The van der Waals surface area contributed by atoms with Crippen LogP contribution in [-0.2, 0) is 5.60 Å². The average Bonchev–Trinajstić information content (AvgIpc) is 3.39. The van der Waals surface area contributed by atoms with Crippen LogP contribution in [0.5, 0.6) is 5.75 Å². The van der Waals surface area contributed by atoms with Crippen molar-refractivity contribution in [2.75, 3.05) is 18.0 Å². The Bertz CT molecular complexity index is 1320. The monoisotopic (exact) mass is 421 g/mol. The molecule has 0 bridgehead atoms. The molecular formula is C29H24FNO. The Morgan fingerprint density at radius 1 is 0.812 bits per heavy atom. The van der Waals surface area contributed by atoms with Gasteiger partial charge in [0, 0.05) is 35.5 Å². The third-order valence-electron chi connectivity index (χ3n) is 6.71. The second kappa shape index (κ2) is 7.52. The highest BCUT2D eigenvalue weighted by molar-refractivity contribution is 5.94. The zero-order chi connectivity index (χ0) is 21.5. The molecule has 0 aliphatic carbocycles. The number of nitrogens with zero attached hydrogens (tertiary/aromatic N) is 1. The average molecular weight is 422 g/mol. The van der Waals surface area contributed by atoms with Crippen LogP contribution in [0, 0.1) is 5.82 Å². The van der Waals surface area contributed by atoms with Crippen LogP contribution in [0.3, 0.4) is 0 Å². The van der Waals surface area contributed by atoms with Crippen molar-refractivity contribution in [2.24, 2.45) is 0 Å². The molecule has 1 saturated heterocycles. The molecule has 0 aromatic heterocycles. The van der Waals surface area contributed by atoms with Crippen molar-refractivity contribution in [3.8, 4) is 5.75 Å². The summed E-state index contributed by atoms with van der Waals surface area (Å²) >= 11 is 0. The third kappa shape index (κ3) is 3.00. The van der Waals surface area contributed by atoms with Crippen molar-refractivity contribution in [3.05, 3.63) is 114 Å². The van der Waals surface area contributed by atoms with Gasteiger partial charge in [0.2, 0.25) is 0 Å². The van der Waals surface area contributed by atoms with Crippen LogP contribution in [-0.4, -0.2) is 13.1 Å². The molecule has 0 amide bonds. The predicted molar refractivity (Wildman–Crippen MR) is 129 cm³/mol. The summed E-state index contributed by atoms with van der Waals surface area (Å²) in [5, 5.41) is 2.29. The number of ether oxygens (including phenoxy) is 1. The lowest BCUT2D eigenvalue weighted by Crippen LogP contribution is -2.35. The first-order valence-corrected chi connectivity index (χ1v) is 11.3. The van der Waals surface area contributed by atoms with Crippen molar-refractivity contribution in [3.63, 3.8) is 0 Å². The lowest BCUT2D eigenvalue weighted by atomic mass is 9.82. The Kier molecular flexibility index (Phi) is 4.50. The van der Waals surface area contributed by atoms with Crippen molar-refractivity contribution < 1.29 is 9.13 Å². The summed E-state index contributed by atoms with van der Waals surface area (Å²) in [6, 6.07) is 27.8. The minimum atomic E-state index is -1.02. The first-order valence-electron chi connectivity index (χ1n) is 11.3. The Hall–Kier alpha value is -3.59. The third-order valence-corrected chi connectivity index (χ3v) is 6.71. The lowest BCUT2D eigenvalue weighted by Gasteiger charge is -2.36. The minimum Gasteiger partial charge on any atom is -0.473 e. The highest BCUT2D eigenvalue weighted by Crippen LogP contribution is 2.45.